The summed E-state index contributed by atoms with van der Waals surface area (Å²) >= 11 is 13.5. The first-order chi connectivity index (χ1) is 12.9. The van der Waals surface area contributed by atoms with Gasteiger partial charge in [-0.15, -0.1) is 0 Å². The maximum Gasteiger partial charge on any atom is 0.262 e. The molecule has 0 saturated heterocycles. The number of hydrogen-bond acceptors (Lipinski definition) is 4. The van der Waals surface area contributed by atoms with Crippen molar-refractivity contribution in [2.24, 2.45) is 0 Å². The molecule has 0 bridgehead atoms. The molecular formula is C19H16Cl2N2O3S. The van der Waals surface area contributed by atoms with Crippen molar-refractivity contribution in [2.75, 3.05) is 17.3 Å². The number of amides is 3. The van der Waals surface area contributed by atoms with Crippen LogP contribution in [0.2, 0.25) is 10.0 Å². The van der Waals surface area contributed by atoms with Crippen LogP contribution in [0.5, 0.6) is 0 Å². The molecule has 0 aliphatic carbocycles. The van der Waals surface area contributed by atoms with E-state index in [1.54, 1.807) is 36.4 Å². The molecule has 140 valence electrons. The molecule has 1 unspecified atom stereocenters. The fourth-order valence-corrected chi connectivity index (χ4v) is 3.82. The van der Waals surface area contributed by atoms with Crippen LogP contribution < -0.4 is 5.32 Å². The highest BCUT2D eigenvalue weighted by molar-refractivity contribution is 7.98. The van der Waals surface area contributed by atoms with Crippen molar-refractivity contribution in [3.05, 3.63) is 63.6 Å². The van der Waals surface area contributed by atoms with Crippen LogP contribution in [0.4, 0.5) is 5.69 Å². The summed E-state index contributed by atoms with van der Waals surface area (Å²) in [4.78, 5) is 39.5. The predicted octanol–water partition coefficient (Wildman–Crippen LogP) is 4.35. The molecule has 0 fully saturated rings. The average Bonchev–Trinajstić information content (AvgIpc) is 2.90. The van der Waals surface area contributed by atoms with E-state index in [1.807, 2.05) is 6.26 Å². The van der Waals surface area contributed by atoms with Crippen molar-refractivity contribution in [3.63, 3.8) is 0 Å². The van der Waals surface area contributed by atoms with Crippen LogP contribution in [0.25, 0.3) is 0 Å². The first-order valence-corrected chi connectivity index (χ1v) is 10.3. The van der Waals surface area contributed by atoms with E-state index in [0.29, 0.717) is 34.0 Å². The summed E-state index contributed by atoms with van der Waals surface area (Å²) in [5.74, 6) is -0.777. The molecule has 1 heterocycles. The van der Waals surface area contributed by atoms with Gasteiger partial charge in [-0.3, -0.25) is 19.3 Å². The minimum atomic E-state index is -0.934. The minimum Gasteiger partial charge on any atom is -0.323 e. The van der Waals surface area contributed by atoms with E-state index < -0.39 is 23.8 Å². The van der Waals surface area contributed by atoms with Gasteiger partial charge in [-0.05, 0) is 48.8 Å². The van der Waals surface area contributed by atoms with Crippen molar-refractivity contribution >= 4 is 58.4 Å². The van der Waals surface area contributed by atoms with Crippen LogP contribution in [0.3, 0.4) is 0 Å². The molecular weight excluding hydrogens is 407 g/mol. The number of benzene rings is 2. The summed E-state index contributed by atoms with van der Waals surface area (Å²) in [6, 6.07) is 10.3. The Bertz CT molecular complexity index is 885. The van der Waals surface area contributed by atoms with Gasteiger partial charge in [0.05, 0.1) is 21.8 Å². The SMILES string of the molecule is CSCCC(C(=O)Nc1ccc(Cl)cc1Cl)N1C(=O)c2ccccc2C1=O. The highest BCUT2D eigenvalue weighted by atomic mass is 35.5. The standard InChI is InChI=1S/C19H16Cl2N2O3S/c1-27-9-8-16(17(24)22-15-7-6-11(20)10-14(15)21)23-18(25)12-4-2-3-5-13(12)19(23)26/h2-7,10,16H,8-9H2,1H3,(H,22,24). The summed E-state index contributed by atoms with van der Waals surface area (Å²) in [6.45, 7) is 0. The van der Waals surface area contributed by atoms with E-state index in [1.165, 1.54) is 17.8 Å². The minimum absolute atomic E-state index is 0.279. The second-order valence-corrected chi connectivity index (χ2v) is 7.77. The average molecular weight is 423 g/mol. The Hall–Kier alpha value is -2.02. The molecule has 1 aliphatic heterocycles. The van der Waals surface area contributed by atoms with E-state index in [9.17, 15) is 14.4 Å². The quantitative estimate of drug-likeness (QED) is 0.702. The fourth-order valence-electron chi connectivity index (χ4n) is 2.90. The number of halogens is 2. The molecule has 2 aromatic rings. The van der Waals surface area contributed by atoms with Gasteiger partial charge in [-0.25, -0.2) is 0 Å². The van der Waals surface area contributed by atoms with E-state index in [2.05, 4.69) is 5.32 Å². The van der Waals surface area contributed by atoms with Crippen molar-refractivity contribution in [1.29, 1.82) is 0 Å². The van der Waals surface area contributed by atoms with E-state index in [-0.39, 0.29) is 5.02 Å². The van der Waals surface area contributed by atoms with E-state index in [4.69, 9.17) is 23.2 Å². The van der Waals surface area contributed by atoms with Crippen molar-refractivity contribution < 1.29 is 14.4 Å². The van der Waals surface area contributed by atoms with Crippen molar-refractivity contribution in [3.8, 4) is 0 Å². The largest absolute Gasteiger partial charge is 0.323 e. The third-order valence-corrected chi connectivity index (χ3v) is 5.42. The number of imide groups is 1. The number of fused-ring (bicyclic) bond motifs is 1. The maximum absolute atomic E-state index is 12.9. The Kier molecular flexibility index (Phi) is 6.09. The predicted molar refractivity (Wildman–Crippen MR) is 109 cm³/mol. The summed E-state index contributed by atoms with van der Waals surface area (Å²) in [5.41, 5.74) is 1.000. The molecule has 3 rings (SSSR count). The molecule has 1 aliphatic rings. The van der Waals surface area contributed by atoms with Gasteiger partial charge in [-0.1, -0.05) is 35.3 Å². The highest BCUT2D eigenvalue weighted by Crippen LogP contribution is 2.29. The van der Waals surface area contributed by atoms with Gasteiger partial charge in [0.2, 0.25) is 5.91 Å². The third-order valence-electron chi connectivity index (χ3n) is 4.22. The lowest BCUT2D eigenvalue weighted by molar-refractivity contribution is -0.120. The number of carbonyl (C=O) groups is 3. The molecule has 0 aromatic heterocycles. The second kappa shape index (κ2) is 8.33. The van der Waals surface area contributed by atoms with Gasteiger partial charge >= 0.3 is 0 Å². The molecule has 0 radical (unpaired) electrons. The monoisotopic (exact) mass is 422 g/mol. The zero-order chi connectivity index (χ0) is 19.6. The highest BCUT2D eigenvalue weighted by Gasteiger charge is 2.42. The molecule has 0 saturated carbocycles. The molecule has 0 spiro atoms. The first-order valence-electron chi connectivity index (χ1n) is 8.15. The van der Waals surface area contributed by atoms with Gasteiger partial charge in [-0.2, -0.15) is 11.8 Å². The molecule has 1 atom stereocenters. The Morgan fingerprint density at radius 1 is 1.11 bits per heavy atom. The maximum atomic E-state index is 12.9. The number of nitrogens with zero attached hydrogens (tertiary/aromatic N) is 1. The number of anilines is 1. The van der Waals surface area contributed by atoms with Crippen LogP contribution in [-0.2, 0) is 4.79 Å². The van der Waals surface area contributed by atoms with E-state index in [0.717, 1.165) is 4.90 Å². The summed E-state index contributed by atoms with van der Waals surface area (Å²) < 4.78 is 0. The van der Waals surface area contributed by atoms with Crippen LogP contribution in [0.1, 0.15) is 27.1 Å². The Morgan fingerprint density at radius 2 is 1.74 bits per heavy atom. The Balaban J connectivity index is 1.89. The molecule has 5 nitrogen and oxygen atoms in total. The normalized spacial score (nSPS) is 14.3. The van der Waals surface area contributed by atoms with Crippen molar-refractivity contribution in [2.45, 2.75) is 12.5 Å². The van der Waals surface area contributed by atoms with Gasteiger partial charge in [0.1, 0.15) is 6.04 Å². The van der Waals surface area contributed by atoms with Crippen LogP contribution in [0.15, 0.2) is 42.5 Å². The fraction of sp³-hybridized carbons (Fsp3) is 0.211. The van der Waals surface area contributed by atoms with Gasteiger partial charge in [0.15, 0.2) is 0 Å². The van der Waals surface area contributed by atoms with Crippen LogP contribution >= 0.6 is 35.0 Å². The van der Waals surface area contributed by atoms with Gasteiger partial charge in [0, 0.05) is 5.02 Å². The van der Waals surface area contributed by atoms with Gasteiger partial charge in [0.25, 0.3) is 11.8 Å². The summed E-state index contributed by atoms with van der Waals surface area (Å²) in [7, 11) is 0. The zero-order valence-electron chi connectivity index (χ0n) is 14.4. The molecule has 3 amide bonds. The number of nitrogens with one attached hydrogen (secondary N) is 1. The van der Waals surface area contributed by atoms with Crippen molar-refractivity contribution in [1.82, 2.24) is 4.90 Å². The number of rotatable bonds is 6. The lowest BCUT2D eigenvalue weighted by atomic mass is 10.1. The second-order valence-electron chi connectivity index (χ2n) is 5.94. The molecule has 27 heavy (non-hydrogen) atoms. The van der Waals surface area contributed by atoms with Crippen LogP contribution in [0, 0.1) is 0 Å². The third kappa shape index (κ3) is 3.98. The van der Waals surface area contributed by atoms with Gasteiger partial charge < -0.3 is 5.32 Å². The molecule has 2 aromatic carbocycles. The Morgan fingerprint density at radius 3 is 2.30 bits per heavy atom. The Labute approximate surface area is 171 Å². The smallest absolute Gasteiger partial charge is 0.262 e. The first kappa shape index (κ1) is 19.7. The number of hydrogen-bond donors (Lipinski definition) is 1. The van der Waals surface area contributed by atoms with E-state index >= 15 is 0 Å². The molecule has 8 heteroatoms. The topological polar surface area (TPSA) is 66.5 Å². The lowest BCUT2D eigenvalue weighted by Gasteiger charge is -2.25. The number of carbonyl (C=O) groups excluding carboxylic acids is 3. The van der Waals surface area contributed by atoms with Crippen LogP contribution in [-0.4, -0.2) is 40.7 Å². The zero-order valence-corrected chi connectivity index (χ0v) is 16.7. The lowest BCUT2D eigenvalue weighted by Crippen LogP contribution is -2.47. The molecule has 1 N–H and O–H groups in total. The summed E-state index contributed by atoms with van der Waals surface area (Å²) in [6.07, 6.45) is 2.23. The summed E-state index contributed by atoms with van der Waals surface area (Å²) in [5, 5.41) is 3.43. The number of thioether (sulfide) groups is 1.